The lowest BCUT2D eigenvalue weighted by Gasteiger charge is -2.23. The third-order valence-electron chi connectivity index (χ3n) is 11.4. The molecule has 1 aliphatic rings. The Bertz CT molecular complexity index is 3010. The first-order valence-electron chi connectivity index (χ1n) is 17.5. The van der Waals surface area contributed by atoms with Crippen LogP contribution in [0.5, 0.6) is 0 Å². The van der Waals surface area contributed by atoms with Crippen molar-refractivity contribution in [3.8, 4) is 33.4 Å². The number of benzene rings is 9. The Morgan fingerprint density at radius 1 is 0.400 bits per heavy atom. The van der Waals surface area contributed by atoms with Gasteiger partial charge in [-0.1, -0.05) is 153 Å². The molecule has 0 N–H and O–H groups in total. The van der Waals surface area contributed by atoms with E-state index in [0.717, 1.165) is 0 Å². The summed E-state index contributed by atoms with van der Waals surface area (Å²) in [6.07, 6.45) is 0. The maximum Gasteiger partial charge on any atom is 0.0361 e. The lowest BCUT2D eigenvalue weighted by atomic mass is 9.80. The van der Waals surface area contributed by atoms with Crippen molar-refractivity contribution in [3.63, 3.8) is 0 Å². The highest BCUT2D eigenvalue weighted by Crippen LogP contribution is 2.56. The third kappa shape index (κ3) is 3.76. The maximum absolute atomic E-state index is 2.46. The molecule has 1 heterocycles. The van der Waals surface area contributed by atoms with Crippen LogP contribution in [0.4, 0.5) is 0 Å². The second-order valence-electron chi connectivity index (χ2n) is 14.4. The van der Waals surface area contributed by atoms with Crippen LogP contribution < -0.4 is 0 Å². The van der Waals surface area contributed by atoms with E-state index < -0.39 is 0 Å². The van der Waals surface area contributed by atoms with E-state index in [1.165, 1.54) is 108 Å². The molecule has 0 unspecified atom stereocenters. The van der Waals surface area contributed by atoms with E-state index in [2.05, 4.69) is 172 Å². The average molecular weight is 653 g/mol. The summed E-state index contributed by atoms with van der Waals surface area (Å²) < 4.78 is 2.69. The summed E-state index contributed by atoms with van der Waals surface area (Å²) in [6, 6.07) is 59.1. The Morgan fingerprint density at radius 2 is 0.960 bits per heavy atom. The van der Waals surface area contributed by atoms with Crippen LogP contribution in [-0.2, 0) is 5.41 Å². The summed E-state index contributed by atoms with van der Waals surface area (Å²) in [6.45, 7) is 4.81. The molecule has 10 aromatic rings. The molecule has 1 heteroatoms. The fraction of sp³-hybridized carbons (Fsp3) is 0.0612. The standard InChI is InChI=1S/C49H32S/c1-49(2)41-25-26-42-47(46(41)40-24-21-30-12-5-6-14-34(30)48(40)49)39-23-22-33(28-43(39)50-42)45-37-17-9-7-15-35(37)44(36-16-8-10-18-38(36)45)32-20-19-29-11-3-4-13-31(29)27-32/h3-28H,1-2H3. The topological polar surface area (TPSA) is 0 Å². The molecule has 1 aromatic heterocycles. The molecule has 0 aliphatic heterocycles. The lowest BCUT2D eigenvalue weighted by molar-refractivity contribution is 0.667. The van der Waals surface area contributed by atoms with Gasteiger partial charge in [-0.2, -0.15) is 0 Å². The van der Waals surface area contributed by atoms with E-state index in [1.807, 2.05) is 11.3 Å². The van der Waals surface area contributed by atoms with Crippen LogP contribution in [0, 0.1) is 0 Å². The summed E-state index contributed by atoms with van der Waals surface area (Å²) >= 11 is 1.93. The predicted octanol–water partition coefficient (Wildman–Crippen LogP) is 14.3. The molecular formula is C49H32S. The number of hydrogen-bond donors (Lipinski definition) is 0. The van der Waals surface area contributed by atoms with Crippen LogP contribution in [0.15, 0.2) is 158 Å². The van der Waals surface area contributed by atoms with Crippen LogP contribution >= 0.6 is 11.3 Å². The fourth-order valence-electron chi connectivity index (χ4n) is 9.21. The Labute approximate surface area is 294 Å². The van der Waals surface area contributed by atoms with Crippen LogP contribution in [0.3, 0.4) is 0 Å². The Balaban J connectivity index is 1.17. The minimum atomic E-state index is -0.0709. The van der Waals surface area contributed by atoms with Gasteiger partial charge in [0.15, 0.2) is 0 Å². The van der Waals surface area contributed by atoms with Gasteiger partial charge in [0.2, 0.25) is 0 Å². The molecule has 9 aromatic carbocycles. The van der Waals surface area contributed by atoms with Gasteiger partial charge in [-0.15, -0.1) is 11.3 Å². The molecule has 0 saturated carbocycles. The monoisotopic (exact) mass is 652 g/mol. The van der Waals surface area contributed by atoms with E-state index in [4.69, 9.17) is 0 Å². The molecule has 0 fully saturated rings. The number of fused-ring (bicyclic) bond motifs is 12. The van der Waals surface area contributed by atoms with Gasteiger partial charge in [-0.3, -0.25) is 0 Å². The Kier molecular flexibility index (Phi) is 5.70. The van der Waals surface area contributed by atoms with Crippen molar-refractivity contribution in [2.24, 2.45) is 0 Å². The quantitative estimate of drug-likeness (QED) is 0.163. The minimum absolute atomic E-state index is 0.0709. The number of hydrogen-bond acceptors (Lipinski definition) is 1. The van der Waals surface area contributed by atoms with Crippen molar-refractivity contribution in [2.45, 2.75) is 19.3 Å². The van der Waals surface area contributed by atoms with Gasteiger partial charge >= 0.3 is 0 Å². The summed E-state index contributed by atoms with van der Waals surface area (Å²) in [7, 11) is 0. The first-order valence-corrected chi connectivity index (χ1v) is 18.3. The largest absolute Gasteiger partial charge is 0.135 e. The SMILES string of the molecule is CC1(C)c2ccc3sc4cc(-c5c6ccccc6c(-c6ccc7ccccc7c6)c6ccccc56)ccc4c3c2-c2ccc3ccccc3c21. The zero-order chi connectivity index (χ0) is 33.1. The van der Waals surface area contributed by atoms with Gasteiger partial charge in [-0.25, -0.2) is 0 Å². The molecule has 0 spiro atoms. The zero-order valence-electron chi connectivity index (χ0n) is 27.9. The normalized spacial score (nSPS) is 13.6. The highest BCUT2D eigenvalue weighted by Gasteiger charge is 2.38. The van der Waals surface area contributed by atoms with Gasteiger partial charge in [0.05, 0.1) is 0 Å². The van der Waals surface area contributed by atoms with E-state index in [0.29, 0.717) is 0 Å². The minimum Gasteiger partial charge on any atom is -0.135 e. The molecule has 0 nitrogen and oxygen atoms in total. The van der Waals surface area contributed by atoms with Crippen molar-refractivity contribution >= 4 is 74.6 Å². The van der Waals surface area contributed by atoms with Gasteiger partial charge in [0.25, 0.3) is 0 Å². The second-order valence-corrected chi connectivity index (χ2v) is 15.5. The van der Waals surface area contributed by atoms with Gasteiger partial charge in [0.1, 0.15) is 0 Å². The third-order valence-corrected chi connectivity index (χ3v) is 12.5. The second kappa shape index (κ2) is 10.1. The molecule has 0 bridgehead atoms. The van der Waals surface area contributed by atoms with Crippen molar-refractivity contribution in [1.29, 1.82) is 0 Å². The van der Waals surface area contributed by atoms with Gasteiger partial charge in [0, 0.05) is 25.6 Å². The molecule has 50 heavy (non-hydrogen) atoms. The molecule has 234 valence electrons. The molecule has 0 amide bonds. The average Bonchev–Trinajstić information content (AvgIpc) is 3.64. The molecule has 0 radical (unpaired) electrons. The van der Waals surface area contributed by atoms with Crippen LogP contribution in [-0.4, -0.2) is 0 Å². The van der Waals surface area contributed by atoms with Crippen molar-refractivity contribution in [3.05, 3.63) is 169 Å². The van der Waals surface area contributed by atoms with E-state index in [1.54, 1.807) is 0 Å². The molecule has 1 aliphatic carbocycles. The summed E-state index contributed by atoms with van der Waals surface area (Å²) in [4.78, 5) is 0. The first kappa shape index (κ1) is 28.1. The van der Waals surface area contributed by atoms with Crippen LogP contribution in [0.1, 0.15) is 25.0 Å². The summed E-state index contributed by atoms with van der Waals surface area (Å²) in [5.74, 6) is 0. The summed E-state index contributed by atoms with van der Waals surface area (Å²) in [5.41, 5.74) is 10.8. The maximum atomic E-state index is 2.46. The van der Waals surface area contributed by atoms with Crippen molar-refractivity contribution < 1.29 is 0 Å². The highest BCUT2D eigenvalue weighted by molar-refractivity contribution is 7.26. The first-order chi connectivity index (χ1) is 24.6. The van der Waals surface area contributed by atoms with Gasteiger partial charge in [-0.05, 0) is 106 Å². The molecular weight excluding hydrogens is 621 g/mol. The zero-order valence-corrected chi connectivity index (χ0v) is 28.7. The number of rotatable bonds is 2. The van der Waals surface area contributed by atoms with Crippen molar-refractivity contribution in [2.75, 3.05) is 0 Å². The number of thiophene rings is 1. The smallest absolute Gasteiger partial charge is 0.0361 e. The fourth-order valence-corrected chi connectivity index (χ4v) is 10.4. The van der Waals surface area contributed by atoms with E-state index >= 15 is 0 Å². The Morgan fingerprint density at radius 3 is 1.66 bits per heavy atom. The van der Waals surface area contributed by atoms with E-state index in [9.17, 15) is 0 Å². The van der Waals surface area contributed by atoms with E-state index in [-0.39, 0.29) is 5.41 Å². The lowest BCUT2D eigenvalue weighted by Crippen LogP contribution is -2.15. The highest BCUT2D eigenvalue weighted by atomic mass is 32.1. The van der Waals surface area contributed by atoms with Crippen LogP contribution in [0.25, 0.3) is 96.6 Å². The molecule has 0 atom stereocenters. The predicted molar refractivity (Wildman–Crippen MR) is 218 cm³/mol. The summed E-state index contributed by atoms with van der Waals surface area (Å²) in [5, 5.41) is 13.1. The molecule has 11 rings (SSSR count). The van der Waals surface area contributed by atoms with Crippen LogP contribution in [0.2, 0.25) is 0 Å². The molecule has 0 saturated heterocycles. The van der Waals surface area contributed by atoms with Crippen molar-refractivity contribution in [1.82, 2.24) is 0 Å². The Hall–Kier alpha value is -5.76. The van der Waals surface area contributed by atoms with Gasteiger partial charge < -0.3 is 0 Å².